The van der Waals surface area contributed by atoms with Crippen LogP contribution in [0.25, 0.3) is 0 Å². The molecule has 0 aliphatic heterocycles. The van der Waals surface area contributed by atoms with E-state index in [0.717, 1.165) is 5.56 Å². The molecule has 3 N–H and O–H groups in total. The maximum atomic E-state index is 7.35. The summed E-state index contributed by atoms with van der Waals surface area (Å²) in [4.78, 5) is 1.26. The highest BCUT2D eigenvalue weighted by Gasteiger charge is 2.13. The minimum absolute atomic E-state index is 0.130. The Bertz CT molecular complexity index is 378. The van der Waals surface area contributed by atoms with Gasteiger partial charge in [0.2, 0.25) is 0 Å². The van der Waals surface area contributed by atoms with Crippen LogP contribution in [-0.2, 0) is 0 Å². The van der Waals surface area contributed by atoms with Gasteiger partial charge in [-0.2, -0.15) is 0 Å². The zero-order chi connectivity index (χ0) is 11.6. The van der Waals surface area contributed by atoms with Crippen molar-refractivity contribution in [3.63, 3.8) is 0 Å². The molecule has 3 heteroatoms. The highest BCUT2D eigenvalue weighted by molar-refractivity contribution is 8.00. The summed E-state index contributed by atoms with van der Waals surface area (Å²) in [7, 11) is 0. The summed E-state index contributed by atoms with van der Waals surface area (Å²) in [5, 5.41) is 7.35. The molecule has 0 unspecified atom stereocenters. The van der Waals surface area contributed by atoms with Crippen molar-refractivity contribution in [1.82, 2.24) is 0 Å². The summed E-state index contributed by atoms with van der Waals surface area (Å²) in [5.74, 6) is 0.130. The van der Waals surface area contributed by atoms with Gasteiger partial charge in [0.15, 0.2) is 0 Å². The van der Waals surface area contributed by atoms with Crippen molar-refractivity contribution in [1.29, 1.82) is 5.41 Å². The molecule has 2 nitrogen and oxygen atoms in total. The average molecular weight is 222 g/mol. The number of nitrogens with two attached hydrogens (primary N) is 1. The van der Waals surface area contributed by atoms with Gasteiger partial charge in [0.25, 0.3) is 0 Å². The Labute approximate surface area is 95.8 Å². The van der Waals surface area contributed by atoms with E-state index in [0.29, 0.717) is 0 Å². The zero-order valence-corrected chi connectivity index (χ0v) is 10.5. The first-order valence-corrected chi connectivity index (χ1v) is 5.75. The third kappa shape index (κ3) is 3.59. The first kappa shape index (κ1) is 12.1. The summed E-state index contributed by atoms with van der Waals surface area (Å²) >= 11 is 1.84. The molecule has 1 aromatic carbocycles. The third-order valence-corrected chi connectivity index (χ3v) is 3.19. The molecular formula is C12H18N2S. The lowest BCUT2D eigenvalue weighted by Crippen LogP contribution is -2.12. The van der Waals surface area contributed by atoms with E-state index >= 15 is 0 Å². The van der Waals surface area contributed by atoms with E-state index in [2.05, 4.69) is 27.7 Å². The van der Waals surface area contributed by atoms with E-state index < -0.39 is 0 Å². The summed E-state index contributed by atoms with van der Waals surface area (Å²) < 4.78 is 0.211. The topological polar surface area (TPSA) is 49.9 Å². The van der Waals surface area contributed by atoms with Crippen LogP contribution in [0.1, 0.15) is 31.9 Å². The quantitative estimate of drug-likeness (QED) is 0.459. The summed E-state index contributed by atoms with van der Waals surface area (Å²) in [6.45, 7) is 8.63. The van der Waals surface area contributed by atoms with E-state index in [1.54, 1.807) is 0 Å². The normalized spacial score (nSPS) is 11.5. The number of hydrogen-bond acceptors (Lipinski definition) is 2. The summed E-state index contributed by atoms with van der Waals surface area (Å²) in [6, 6.07) is 5.92. The van der Waals surface area contributed by atoms with Crippen LogP contribution in [0.5, 0.6) is 0 Å². The number of benzene rings is 1. The lowest BCUT2D eigenvalue weighted by Gasteiger charge is -2.19. The molecule has 0 radical (unpaired) electrons. The predicted molar refractivity (Wildman–Crippen MR) is 67.8 cm³/mol. The van der Waals surface area contributed by atoms with Gasteiger partial charge in [0.05, 0.1) is 0 Å². The Morgan fingerprint density at radius 1 is 1.33 bits per heavy atom. The molecule has 0 fully saturated rings. The first-order chi connectivity index (χ1) is 6.79. The second kappa shape index (κ2) is 4.27. The largest absolute Gasteiger partial charge is 0.384 e. The maximum Gasteiger partial charge on any atom is 0.122 e. The molecule has 0 atom stereocenters. The monoisotopic (exact) mass is 222 g/mol. The van der Waals surface area contributed by atoms with Gasteiger partial charge in [-0.05, 0) is 24.6 Å². The lowest BCUT2D eigenvalue weighted by atomic mass is 10.1. The van der Waals surface area contributed by atoms with Crippen molar-refractivity contribution in [2.75, 3.05) is 0 Å². The van der Waals surface area contributed by atoms with E-state index in [1.165, 1.54) is 10.5 Å². The molecule has 0 saturated carbocycles. The number of aryl methyl sites for hydroxylation is 1. The fourth-order valence-electron chi connectivity index (χ4n) is 1.26. The summed E-state index contributed by atoms with van der Waals surface area (Å²) in [5.41, 5.74) is 7.42. The fraction of sp³-hybridized carbons (Fsp3) is 0.417. The van der Waals surface area contributed by atoms with Crippen molar-refractivity contribution < 1.29 is 0 Å². The number of thioether (sulfide) groups is 1. The Kier molecular flexibility index (Phi) is 3.45. The first-order valence-electron chi connectivity index (χ1n) is 4.93. The summed E-state index contributed by atoms with van der Waals surface area (Å²) in [6.07, 6.45) is 0. The van der Waals surface area contributed by atoms with E-state index in [4.69, 9.17) is 11.1 Å². The van der Waals surface area contributed by atoms with Crippen molar-refractivity contribution in [2.24, 2.45) is 5.73 Å². The highest BCUT2D eigenvalue weighted by atomic mass is 32.2. The van der Waals surface area contributed by atoms with Crippen molar-refractivity contribution >= 4 is 17.6 Å². The Morgan fingerprint density at radius 2 is 1.93 bits per heavy atom. The van der Waals surface area contributed by atoms with Crippen LogP contribution in [0.2, 0.25) is 0 Å². The number of amidine groups is 1. The van der Waals surface area contributed by atoms with Gasteiger partial charge in [-0.25, -0.2) is 0 Å². The number of nitrogens with one attached hydrogen (secondary N) is 1. The molecule has 1 aromatic rings. The minimum Gasteiger partial charge on any atom is -0.384 e. The predicted octanol–water partition coefficient (Wildman–Crippen LogP) is 3.17. The highest BCUT2D eigenvalue weighted by Crippen LogP contribution is 2.34. The SMILES string of the molecule is Cc1cc(C(=N)N)ccc1SC(C)(C)C. The van der Waals surface area contributed by atoms with E-state index in [1.807, 2.05) is 30.0 Å². The van der Waals surface area contributed by atoms with Crippen LogP contribution in [0.3, 0.4) is 0 Å². The van der Waals surface area contributed by atoms with Gasteiger partial charge in [-0.3, -0.25) is 5.41 Å². The molecule has 0 spiro atoms. The van der Waals surface area contributed by atoms with Crippen LogP contribution >= 0.6 is 11.8 Å². The Hall–Kier alpha value is -0.960. The van der Waals surface area contributed by atoms with Crippen molar-refractivity contribution in [3.8, 4) is 0 Å². The average Bonchev–Trinajstić information content (AvgIpc) is 2.05. The van der Waals surface area contributed by atoms with Crippen LogP contribution in [0, 0.1) is 12.3 Å². The molecule has 0 aliphatic rings. The molecular weight excluding hydrogens is 204 g/mol. The van der Waals surface area contributed by atoms with E-state index in [-0.39, 0.29) is 10.6 Å². The Balaban J connectivity index is 2.99. The van der Waals surface area contributed by atoms with Crippen molar-refractivity contribution in [3.05, 3.63) is 29.3 Å². The maximum absolute atomic E-state index is 7.35. The lowest BCUT2D eigenvalue weighted by molar-refractivity contribution is 0.802. The molecule has 15 heavy (non-hydrogen) atoms. The molecule has 0 bridgehead atoms. The van der Waals surface area contributed by atoms with Gasteiger partial charge in [-0.1, -0.05) is 26.8 Å². The van der Waals surface area contributed by atoms with Gasteiger partial charge < -0.3 is 5.73 Å². The molecule has 1 rings (SSSR count). The van der Waals surface area contributed by atoms with Gasteiger partial charge in [0, 0.05) is 15.2 Å². The van der Waals surface area contributed by atoms with Gasteiger partial charge in [-0.15, -0.1) is 11.8 Å². The van der Waals surface area contributed by atoms with Gasteiger partial charge >= 0.3 is 0 Å². The Morgan fingerprint density at radius 3 is 2.33 bits per heavy atom. The molecule has 0 heterocycles. The van der Waals surface area contributed by atoms with Crippen LogP contribution < -0.4 is 5.73 Å². The van der Waals surface area contributed by atoms with Crippen LogP contribution in [0.4, 0.5) is 0 Å². The standard InChI is InChI=1S/C12H18N2S/c1-8-7-9(11(13)14)5-6-10(8)15-12(2,3)4/h5-7H,1-4H3,(H3,13,14). The van der Waals surface area contributed by atoms with Crippen LogP contribution in [0.15, 0.2) is 23.1 Å². The minimum atomic E-state index is 0.130. The molecule has 0 aliphatic carbocycles. The second-order valence-electron chi connectivity index (χ2n) is 4.61. The third-order valence-electron chi connectivity index (χ3n) is 1.90. The molecule has 82 valence electrons. The second-order valence-corrected chi connectivity index (χ2v) is 6.48. The van der Waals surface area contributed by atoms with Gasteiger partial charge in [0.1, 0.15) is 5.84 Å². The van der Waals surface area contributed by atoms with E-state index in [9.17, 15) is 0 Å². The van der Waals surface area contributed by atoms with Crippen LogP contribution in [-0.4, -0.2) is 10.6 Å². The fourth-order valence-corrected chi connectivity index (χ4v) is 2.28. The van der Waals surface area contributed by atoms with Crippen molar-refractivity contribution in [2.45, 2.75) is 37.3 Å². The number of rotatable bonds is 2. The molecule has 0 amide bonds. The molecule has 0 saturated heterocycles. The number of hydrogen-bond donors (Lipinski definition) is 2. The molecule has 0 aromatic heterocycles. The smallest absolute Gasteiger partial charge is 0.122 e. The number of nitrogen functional groups attached to an aromatic ring is 1. The zero-order valence-electron chi connectivity index (χ0n) is 9.72.